The maximum absolute atomic E-state index is 11.7. The lowest BCUT2D eigenvalue weighted by Gasteiger charge is -2.05. The van der Waals surface area contributed by atoms with Crippen molar-refractivity contribution in [3.8, 4) is 0 Å². The number of aryl methyl sites for hydroxylation is 2. The Bertz CT molecular complexity index is 603. The minimum absolute atomic E-state index is 0.173. The van der Waals surface area contributed by atoms with Crippen LogP contribution in [0, 0.1) is 13.8 Å². The summed E-state index contributed by atoms with van der Waals surface area (Å²) in [7, 11) is 0. The number of rotatable bonds is 4. The van der Waals surface area contributed by atoms with E-state index in [2.05, 4.69) is 9.97 Å². The van der Waals surface area contributed by atoms with E-state index in [0.717, 1.165) is 10.7 Å². The summed E-state index contributed by atoms with van der Waals surface area (Å²) in [5, 5.41) is 2.97. The van der Waals surface area contributed by atoms with Gasteiger partial charge in [0.2, 0.25) is 0 Å². The topological polar surface area (TPSA) is 83.0 Å². The third-order valence-corrected chi connectivity index (χ3v) is 3.48. The molecule has 2 aromatic rings. The zero-order valence-corrected chi connectivity index (χ0v) is 12.0. The first-order chi connectivity index (χ1) is 9.02. The molecule has 0 saturated heterocycles. The van der Waals surface area contributed by atoms with Gasteiger partial charge in [-0.25, -0.2) is 14.8 Å². The molecule has 2 heterocycles. The van der Waals surface area contributed by atoms with Crippen LogP contribution in [0.2, 0.25) is 0 Å². The summed E-state index contributed by atoms with van der Waals surface area (Å²) in [4.78, 5) is 20.2. The minimum atomic E-state index is -0.490. The molecule has 0 atom stereocenters. The second kappa shape index (κ2) is 5.40. The fraction of sp³-hybridized carbons (Fsp3) is 0.417. The summed E-state index contributed by atoms with van der Waals surface area (Å²) < 4.78 is 6.69. The molecule has 0 aliphatic carbocycles. The number of anilines is 1. The van der Waals surface area contributed by atoms with Crippen molar-refractivity contribution in [3.63, 3.8) is 0 Å². The third kappa shape index (κ3) is 2.76. The first-order valence-electron chi connectivity index (χ1n) is 5.93. The number of carbonyl (C=O) groups excluding carboxylic acids is 1. The third-order valence-electron chi connectivity index (χ3n) is 2.65. The highest BCUT2D eigenvalue weighted by Crippen LogP contribution is 2.18. The molecular weight excluding hydrogens is 264 g/mol. The standard InChI is InChI=1S/C12H16N4O2S/c1-4-18-12(17)10-11(13)16(7(2)14-10)5-9-6-19-8(3)15-9/h6H,4-5,13H2,1-3H3. The molecule has 0 amide bonds. The van der Waals surface area contributed by atoms with Crippen LogP contribution < -0.4 is 5.73 Å². The Balaban J connectivity index is 2.29. The largest absolute Gasteiger partial charge is 0.461 e. The molecule has 0 saturated carbocycles. The van der Waals surface area contributed by atoms with Crippen LogP contribution in [-0.4, -0.2) is 27.1 Å². The molecule has 0 aliphatic rings. The molecule has 102 valence electrons. The number of nitrogens with zero attached hydrogens (tertiary/aromatic N) is 3. The van der Waals surface area contributed by atoms with Gasteiger partial charge in [0, 0.05) is 5.38 Å². The summed E-state index contributed by atoms with van der Waals surface area (Å²) in [6, 6.07) is 0. The van der Waals surface area contributed by atoms with Crippen molar-refractivity contribution in [3.05, 3.63) is 27.6 Å². The number of hydrogen-bond donors (Lipinski definition) is 1. The first kappa shape index (κ1) is 13.5. The number of hydrogen-bond acceptors (Lipinski definition) is 6. The Morgan fingerprint density at radius 2 is 2.21 bits per heavy atom. The normalized spacial score (nSPS) is 10.7. The SMILES string of the molecule is CCOC(=O)c1nc(C)n(Cc2csc(C)n2)c1N. The van der Waals surface area contributed by atoms with Crippen LogP contribution in [0.15, 0.2) is 5.38 Å². The van der Waals surface area contributed by atoms with Gasteiger partial charge in [-0.3, -0.25) is 0 Å². The first-order valence-corrected chi connectivity index (χ1v) is 6.81. The lowest BCUT2D eigenvalue weighted by molar-refractivity contribution is 0.0521. The number of nitrogens with two attached hydrogens (primary N) is 1. The molecule has 0 unspecified atom stereocenters. The van der Waals surface area contributed by atoms with Crippen molar-refractivity contribution >= 4 is 23.1 Å². The molecule has 2 N–H and O–H groups in total. The van der Waals surface area contributed by atoms with E-state index in [0.29, 0.717) is 24.8 Å². The fourth-order valence-corrected chi connectivity index (χ4v) is 2.38. The van der Waals surface area contributed by atoms with Crippen molar-refractivity contribution in [2.75, 3.05) is 12.3 Å². The highest BCUT2D eigenvalue weighted by Gasteiger charge is 2.20. The summed E-state index contributed by atoms with van der Waals surface area (Å²) >= 11 is 1.58. The molecular formula is C12H16N4O2S. The van der Waals surface area contributed by atoms with Crippen molar-refractivity contribution in [1.82, 2.24) is 14.5 Å². The second-order valence-electron chi connectivity index (χ2n) is 4.06. The molecule has 0 bridgehead atoms. The molecule has 2 aromatic heterocycles. The fourth-order valence-electron chi connectivity index (χ4n) is 1.77. The number of esters is 1. The van der Waals surface area contributed by atoms with Crippen molar-refractivity contribution < 1.29 is 9.53 Å². The van der Waals surface area contributed by atoms with Gasteiger partial charge in [0.1, 0.15) is 11.6 Å². The van der Waals surface area contributed by atoms with Gasteiger partial charge < -0.3 is 15.0 Å². The summed E-state index contributed by atoms with van der Waals surface area (Å²) in [5.41, 5.74) is 7.05. The lowest BCUT2D eigenvalue weighted by atomic mass is 10.4. The van der Waals surface area contributed by atoms with Crippen LogP contribution in [0.1, 0.15) is 33.9 Å². The Kier molecular flexibility index (Phi) is 3.84. The average Bonchev–Trinajstić information content (AvgIpc) is 2.88. The molecule has 6 nitrogen and oxygen atoms in total. The molecule has 0 spiro atoms. The maximum atomic E-state index is 11.7. The molecule has 19 heavy (non-hydrogen) atoms. The zero-order chi connectivity index (χ0) is 14.0. The van der Waals surface area contributed by atoms with Crippen molar-refractivity contribution in [2.45, 2.75) is 27.3 Å². The van der Waals surface area contributed by atoms with E-state index >= 15 is 0 Å². The Morgan fingerprint density at radius 1 is 1.47 bits per heavy atom. The minimum Gasteiger partial charge on any atom is -0.461 e. The van der Waals surface area contributed by atoms with Crippen LogP contribution >= 0.6 is 11.3 Å². The molecule has 0 aliphatic heterocycles. The Labute approximate surface area is 115 Å². The van der Waals surface area contributed by atoms with Crippen LogP contribution in [0.3, 0.4) is 0 Å². The molecule has 7 heteroatoms. The predicted molar refractivity (Wildman–Crippen MR) is 73.3 cm³/mol. The van der Waals surface area contributed by atoms with E-state index in [4.69, 9.17) is 10.5 Å². The summed E-state index contributed by atoms with van der Waals surface area (Å²) in [6.45, 7) is 6.31. The van der Waals surface area contributed by atoms with E-state index in [9.17, 15) is 4.79 Å². The number of carbonyl (C=O) groups is 1. The Morgan fingerprint density at radius 3 is 2.79 bits per heavy atom. The van der Waals surface area contributed by atoms with Crippen LogP contribution in [-0.2, 0) is 11.3 Å². The second-order valence-corrected chi connectivity index (χ2v) is 5.12. The number of aromatic nitrogens is 3. The van der Waals surface area contributed by atoms with Gasteiger partial charge in [0.15, 0.2) is 5.69 Å². The molecule has 0 fully saturated rings. The smallest absolute Gasteiger partial charge is 0.360 e. The monoisotopic (exact) mass is 280 g/mol. The van der Waals surface area contributed by atoms with Gasteiger partial charge in [0.05, 0.1) is 23.9 Å². The summed E-state index contributed by atoms with van der Waals surface area (Å²) in [5.74, 6) is 0.504. The lowest BCUT2D eigenvalue weighted by Crippen LogP contribution is -2.10. The Hall–Kier alpha value is -1.89. The van der Waals surface area contributed by atoms with E-state index in [-0.39, 0.29) is 5.69 Å². The van der Waals surface area contributed by atoms with Crippen LogP contribution in [0.4, 0.5) is 5.82 Å². The maximum Gasteiger partial charge on any atom is 0.360 e. The van der Waals surface area contributed by atoms with Gasteiger partial charge in [-0.1, -0.05) is 0 Å². The van der Waals surface area contributed by atoms with Gasteiger partial charge >= 0.3 is 5.97 Å². The number of imidazole rings is 1. The van der Waals surface area contributed by atoms with E-state index in [1.807, 2.05) is 12.3 Å². The number of ether oxygens (including phenoxy) is 1. The molecule has 2 rings (SSSR count). The van der Waals surface area contributed by atoms with Gasteiger partial charge in [0.25, 0.3) is 0 Å². The molecule has 0 aromatic carbocycles. The van der Waals surface area contributed by atoms with Crippen molar-refractivity contribution in [2.24, 2.45) is 0 Å². The van der Waals surface area contributed by atoms with Gasteiger partial charge in [-0.2, -0.15) is 0 Å². The molecule has 0 radical (unpaired) electrons. The zero-order valence-electron chi connectivity index (χ0n) is 11.1. The predicted octanol–water partition coefficient (Wildman–Crippen LogP) is 1.76. The van der Waals surface area contributed by atoms with Gasteiger partial charge in [-0.05, 0) is 20.8 Å². The van der Waals surface area contributed by atoms with Crippen LogP contribution in [0.5, 0.6) is 0 Å². The number of nitrogen functional groups attached to an aromatic ring is 1. The average molecular weight is 280 g/mol. The highest BCUT2D eigenvalue weighted by molar-refractivity contribution is 7.09. The highest BCUT2D eigenvalue weighted by atomic mass is 32.1. The number of thiazole rings is 1. The van der Waals surface area contributed by atoms with E-state index < -0.39 is 5.97 Å². The van der Waals surface area contributed by atoms with E-state index in [1.165, 1.54) is 0 Å². The van der Waals surface area contributed by atoms with Crippen LogP contribution in [0.25, 0.3) is 0 Å². The quantitative estimate of drug-likeness (QED) is 0.863. The van der Waals surface area contributed by atoms with Crippen molar-refractivity contribution in [1.29, 1.82) is 0 Å². The summed E-state index contributed by atoms with van der Waals surface area (Å²) in [6.07, 6.45) is 0. The van der Waals surface area contributed by atoms with Gasteiger partial charge in [-0.15, -0.1) is 11.3 Å². The van der Waals surface area contributed by atoms with E-state index in [1.54, 1.807) is 29.8 Å².